The van der Waals surface area contributed by atoms with Crippen LogP contribution in [0.4, 0.5) is 15.8 Å². The van der Waals surface area contributed by atoms with Crippen LogP contribution in [0.1, 0.15) is 12.0 Å². The minimum Gasteiger partial charge on any atom is -0.369 e. The maximum Gasteiger partial charge on any atom is 0.252 e. The van der Waals surface area contributed by atoms with Gasteiger partial charge in [-0.25, -0.2) is 9.38 Å². The van der Waals surface area contributed by atoms with E-state index in [9.17, 15) is 14.0 Å². The summed E-state index contributed by atoms with van der Waals surface area (Å²) in [5.41, 5.74) is 7.31. The summed E-state index contributed by atoms with van der Waals surface area (Å²) in [6, 6.07) is 12.6. The van der Waals surface area contributed by atoms with Crippen LogP contribution in [-0.2, 0) is 9.59 Å². The number of carbonyl (C=O) groups is 2. The zero-order chi connectivity index (χ0) is 20.1. The molecule has 8 nitrogen and oxygen atoms in total. The first kappa shape index (κ1) is 19.0. The largest absolute Gasteiger partial charge is 0.369 e. The fourth-order valence-electron chi connectivity index (χ4n) is 2.54. The Morgan fingerprint density at radius 2 is 2.00 bits per heavy atom. The first-order valence-corrected chi connectivity index (χ1v) is 8.51. The lowest BCUT2D eigenvalue weighted by Gasteiger charge is -2.08. The second-order valence-corrected chi connectivity index (χ2v) is 6.18. The first-order valence-electron chi connectivity index (χ1n) is 8.51. The predicted octanol–water partition coefficient (Wildman–Crippen LogP) is 1.74. The van der Waals surface area contributed by atoms with Gasteiger partial charge in [-0.2, -0.15) is 4.99 Å². The Kier molecular flexibility index (Phi) is 5.64. The maximum atomic E-state index is 13.8. The number of nitrogens with one attached hydrogen (secondary N) is 3. The third-order valence-electron chi connectivity index (χ3n) is 3.87. The van der Waals surface area contributed by atoms with Gasteiger partial charge in [-0.3, -0.25) is 14.9 Å². The highest BCUT2D eigenvalue weighted by Gasteiger charge is 2.29. The van der Waals surface area contributed by atoms with E-state index in [1.165, 1.54) is 12.1 Å². The van der Waals surface area contributed by atoms with Gasteiger partial charge in [-0.15, -0.1) is 0 Å². The van der Waals surface area contributed by atoms with E-state index in [4.69, 9.17) is 5.73 Å². The standard InChI is InChI=1S/C19H19FN6O2/c1-11-7-8-14(13(20)9-11)23-16(27)10-15-17(28)25-19(24-15)26-18(21)22-12-5-3-2-4-6-12/h2-9,15H,10H2,1H3,(H,23,27)(H4,21,22,24,25,26,28)/t15-/m1/s1. The van der Waals surface area contributed by atoms with Crippen LogP contribution in [-0.4, -0.2) is 29.8 Å². The minimum atomic E-state index is -0.961. The molecule has 3 rings (SSSR count). The Balaban J connectivity index is 1.61. The van der Waals surface area contributed by atoms with E-state index in [-0.39, 0.29) is 24.0 Å². The quantitative estimate of drug-likeness (QED) is 0.475. The van der Waals surface area contributed by atoms with Gasteiger partial charge in [0.1, 0.15) is 11.9 Å². The van der Waals surface area contributed by atoms with E-state index in [0.29, 0.717) is 0 Å². The normalized spacial score (nSPS) is 16.4. The van der Waals surface area contributed by atoms with Gasteiger partial charge in [0.05, 0.1) is 12.1 Å². The van der Waals surface area contributed by atoms with Crippen LogP contribution in [0.25, 0.3) is 0 Å². The molecule has 28 heavy (non-hydrogen) atoms. The number of hydrogen-bond donors (Lipinski definition) is 4. The molecule has 144 valence electrons. The van der Waals surface area contributed by atoms with E-state index in [1.54, 1.807) is 25.1 Å². The summed E-state index contributed by atoms with van der Waals surface area (Å²) in [5, 5.41) is 7.75. The number of rotatable bonds is 4. The zero-order valence-electron chi connectivity index (χ0n) is 15.1. The molecule has 0 bridgehead atoms. The number of aliphatic imine (C=N–C) groups is 2. The number of halogens is 1. The average molecular weight is 382 g/mol. The van der Waals surface area contributed by atoms with Gasteiger partial charge in [0.2, 0.25) is 17.8 Å². The van der Waals surface area contributed by atoms with Crippen molar-refractivity contribution in [1.82, 2.24) is 5.32 Å². The van der Waals surface area contributed by atoms with Gasteiger partial charge in [0, 0.05) is 5.69 Å². The maximum absolute atomic E-state index is 13.8. The molecule has 0 spiro atoms. The SMILES string of the molecule is Cc1ccc(NC(=O)C[C@H]2N=C(N=C(N)Nc3ccccc3)NC2=O)c(F)c1. The van der Waals surface area contributed by atoms with Crippen LogP contribution in [0, 0.1) is 12.7 Å². The lowest BCUT2D eigenvalue weighted by molar-refractivity contribution is -0.123. The Labute approximate surface area is 160 Å². The summed E-state index contributed by atoms with van der Waals surface area (Å²) < 4.78 is 13.8. The van der Waals surface area contributed by atoms with E-state index in [0.717, 1.165) is 11.3 Å². The number of para-hydroxylation sites is 1. The lowest BCUT2D eigenvalue weighted by atomic mass is 10.2. The van der Waals surface area contributed by atoms with Gasteiger partial charge in [-0.1, -0.05) is 24.3 Å². The Hall–Kier alpha value is -3.75. The Bertz CT molecular complexity index is 958. The Morgan fingerprint density at radius 1 is 1.25 bits per heavy atom. The summed E-state index contributed by atoms with van der Waals surface area (Å²) in [7, 11) is 0. The van der Waals surface area contributed by atoms with Gasteiger partial charge in [0.25, 0.3) is 5.91 Å². The molecule has 0 saturated carbocycles. The van der Waals surface area contributed by atoms with Crippen molar-refractivity contribution in [3.8, 4) is 0 Å². The van der Waals surface area contributed by atoms with Crippen LogP contribution in [0.3, 0.4) is 0 Å². The van der Waals surface area contributed by atoms with Gasteiger partial charge >= 0.3 is 0 Å². The predicted molar refractivity (Wildman–Crippen MR) is 105 cm³/mol. The van der Waals surface area contributed by atoms with E-state index in [2.05, 4.69) is 25.9 Å². The smallest absolute Gasteiger partial charge is 0.252 e. The molecule has 1 aliphatic rings. The summed E-state index contributed by atoms with van der Waals surface area (Å²) in [6.07, 6.45) is -0.246. The topological polar surface area (TPSA) is 121 Å². The number of anilines is 2. The molecule has 5 N–H and O–H groups in total. The highest BCUT2D eigenvalue weighted by Crippen LogP contribution is 2.16. The molecule has 1 aliphatic heterocycles. The number of benzene rings is 2. The average Bonchev–Trinajstić information content (AvgIpc) is 2.97. The molecule has 0 radical (unpaired) electrons. The highest BCUT2D eigenvalue weighted by molar-refractivity contribution is 6.11. The first-order chi connectivity index (χ1) is 13.4. The molecule has 0 aromatic heterocycles. The molecule has 0 saturated heterocycles. The third-order valence-corrected chi connectivity index (χ3v) is 3.87. The van der Waals surface area contributed by atoms with Gasteiger partial charge in [-0.05, 0) is 36.8 Å². The highest BCUT2D eigenvalue weighted by atomic mass is 19.1. The van der Waals surface area contributed by atoms with Crippen LogP contribution >= 0.6 is 0 Å². The molecule has 2 aromatic carbocycles. The van der Waals surface area contributed by atoms with Crippen molar-refractivity contribution in [2.75, 3.05) is 10.6 Å². The molecule has 1 atom stereocenters. The molecule has 0 fully saturated rings. The third kappa shape index (κ3) is 4.91. The number of hydrogen-bond acceptors (Lipinski definition) is 4. The number of nitrogens with two attached hydrogens (primary N) is 1. The van der Waals surface area contributed by atoms with Crippen molar-refractivity contribution >= 4 is 35.1 Å². The van der Waals surface area contributed by atoms with E-state index >= 15 is 0 Å². The number of nitrogens with zero attached hydrogens (tertiary/aromatic N) is 2. The summed E-state index contributed by atoms with van der Waals surface area (Å²) >= 11 is 0. The molecule has 0 unspecified atom stereocenters. The summed E-state index contributed by atoms with van der Waals surface area (Å²) in [5.74, 6) is -1.52. The fraction of sp³-hybridized carbons (Fsp3) is 0.158. The number of amides is 2. The monoisotopic (exact) mass is 382 g/mol. The number of guanidine groups is 2. The van der Waals surface area contributed by atoms with E-state index < -0.39 is 23.7 Å². The zero-order valence-corrected chi connectivity index (χ0v) is 15.1. The molecular formula is C19H19FN6O2. The molecule has 2 aromatic rings. The van der Waals surface area contributed by atoms with Gasteiger partial charge in [0.15, 0.2) is 0 Å². The number of carbonyl (C=O) groups excluding carboxylic acids is 2. The van der Waals surface area contributed by atoms with Crippen molar-refractivity contribution in [3.63, 3.8) is 0 Å². The minimum absolute atomic E-state index is 0.00486. The van der Waals surface area contributed by atoms with Crippen LogP contribution in [0.2, 0.25) is 0 Å². The van der Waals surface area contributed by atoms with Gasteiger partial charge < -0.3 is 16.4 Å². The molecular weight excluding hydrogens is 363 g/mol. The molecule has 2 amide bonds. The van der Waals surface area contributed by atoms with E-state index in [1.807, 2.05) is 18.2 Å². The van der Waals surface area contributed by atoms with Crippen LogP contribution in [0.15, 0.2) is 58.5 Å². The van der Waals surface area contributed by atoms with Crippen molar-refractivity contribution in [2.24, 2.45) is 15.7 Å². The fourth-order valence-corrected chi connectivity index (χ4v) is 2.54. The Morgan fingerprint density at radius 3 is 2.71 bits per heavy atom. The van der Waals surface area contributed by atoms with Crippen molar-refractivity contribution in [1.29, 1.82) is 0 Å². The second kappa shape index (κ2) is 8.30. The second-order valence-electron chi connectivity index (χ2n) is 6.18. The molecule has 1 heterocycles. The van der Waals surface area contributed by atoms with Crippen molar-refractivity contribution < 1.29 is 14.0 Å². The summed E-state index contributed by atoms with van der Waals surface area (Å²) in [6.45, 7) is 1.74. The van der Waals surface area contributed by atoms with Crippen LogP contribution in [0.5, 0.6) is 0 Å². The van der Waals surface area contributed by atoms with Crippen molar-refractivity contribution in [2.45, 2.75) is 19.4 Å². The van der Waals surface area contributed by atoms with Crippen LogP contribution < -0.4 is 21.7 Å². The lowest BCUT2D eigenvalue weighted by Crippen LogP contribution is -2.32. The van der Waals surface area contributed by atoms with Crippen molar-refractivity contribution in [3.05, 3.63) is 59.9 Å². The summed E-state index contributed by atoms with van der Waals surface area (Å²) in [4.78, 5) is 32.2. The molecule has 9 heteroatoms. The molecule has 0 aliphatic carbocycles. The number of aryl methyl sites for hydroxylation is 1.